The zero-order valence-electron chi connectivity index (χ0n) is 17.8. The maximum absolute atomic E-state index is 9.00. The predicted molar refractivity (Wildman–Crippen MR) is 82.7 cm³/mol. The molecule has 0 aliphatic heterocycles. The van der Waals surface area contributed by atoms with Gasteiger partial charge in [-0.3, -0.25) is 14.4 Å². The van der Waals surface area contributed by atoms with Crippen LogP contribution in [0.5, 0.6) is 0 Å². The molecule has 0 atom stereocenters. The Hall–Kier alpha value is -1.66. The van der Waals surface area contributed by atoms with Gasteiger partial charge in [0.2, 0.25) is 0 Å². The van der Waals surface area contributed by atoms with Crippen molar-refractivity contribution in [2.75, 3.05) is 0 Å². The van der Waals surface area contributed by atoms with Gasteiger partial charge in [0.15, 0.2) is 0 Å². The van der Waals surface area contributed by atoms with E-state index in [4.69, 9.17) is 69.3 Å². The molecule has 169 valence electrons. The molecule has 0 aliphatic rings. The molecule has 0 saturated heterocycles. The van der Waals surface area contributed by atoms with Gasteiger partial charge in [-0.2, -0.15) is 0 Å². The van der Waals surface area contributed by atoms with Crippen LogP contribution in [0.2, 0.25) is 0 Å². The molecule has 16 heteroatoms. The third-order valence-electron chi connectivity index (χ3n) is 0. The normalized spacial score (nSPS) is 5.83. The first-order valence-corrected chi connectivity index (χ1v) is 6.42. The minimum Gasteiger partial charge on any atom is -0.550 e. The molecule has 0 amide bonds. The van der Waals surface area contributed by atoms with Crippen molar-refractivity contribution < 1.29 is 130 Å². The van der Waals surface area contributed by atoms with Crippen LogP contribution >= 0.6 is 0 Å². The summed E-state index contributed by atoms with van der Waals surface area (Å²) in [6, 6.07) is 0. The molecule has 14 nitrogen and oxygen atoms in total. The average Bonchev–Trinajstić information content (AvgIpc) is 2.20. The number of carbonyl (C=O) groups is 7. The molecule has 0 bridgehead atoms. The maximum atomic E-state index is 9.00. The number of rotatable bonds is 0. The molecule has 3 N–H and O–H groups in total. The quantitative estimate of drug-likeness (QED) is 0.201. The van der Waals surface area contributed by atoms with Crippen LogP contribution in [0, 0.1) is 31.1 Å². The zero-order valence-corrected chi connectivity index (χ0v) is 24.0. The molecule has 0 unspecified atom stereocenters. The Kier molecular flexibility index (Phi) is 95.7. The van der Waals surface area contributed by atoms with E-state index in [0.29, 0.717) is 0 Å². The number of hydrogen-bond acceptors (Lipinski definition) is 11. The van der Waals surface area contributed by atoms with E-state index in [1.165, 1.54) is 0 Å². The summed E-state index contributed by atoms with van der Waals surface area (Å²) in [6.45, 7) is 7.14. The SMILES string of the molecule is CC(=O)O.CC(=O)O.CC(=O)O.CC(=O)[O-].CC(=O)[O-].CC(=O)[O-].CC(=O)[O-].[Na+].[U+3]. The van der Waals surface area contributed by atoms with Crippen molar-refractivity contribution in [1.82, 2.24) is 0 Å². The standard InChI is InChI=1S/7C2H4O2.Na.U/c7*1-2(3)4;;/h7*1H3,(H,3,4);;/q;;;;;;;+1;+3/p-4. The van der Waals surface area contributed by atoms with E-state index in [0.717, 1.165) is 48.5 Å². The Labute approximate surface area is 219 Å². The van der Waals surface area contributed by atoms with Crippen LogP contribution in [-0.4, -0.2) is 57.1 Å². The molecule has 1 radical (unpaired) electrons. The van der Waals surface area contributed by atoms with E-state index in [1.54, 1.807) is 0 Å². The van der Waals surface area contributed by atoms with Gasteiger partial charge in [-0.15, -0.1) is 0 Å². The first-order valence-electron chi connectivity index (χ1n) is 6.42. The minimum atomic E-state index is -1.08. The van der Waals surface area contributed by atoms with Crippen molar-refractivity contribution in [2.45, 2.75) is 48.5 Å². The molecular weight excluding hydrogens is 653 g/mol. The zero-order chi connectivity index (χ0) is 25.0. The van der Waals surface area contributed by atoms with Crippen molar-refractivity contribution in [3.8, 4) is 0 Å². The van der Waals surface area contributed by atoms with Gasteiger partial charge in [0, 0.05) is 44.6 Å². The van der Waals surface area contributed by atoms with E-state index in [9.17, 15) is 0 Å². The summed E-state index contributed by atoms with van der Waals surface area (Å²) in [7, 11) is 0. The molecule has 0 spiro atoms. The number of carbonyl (C=O) groups excluding carboxylic acids is 4. The van der Waals surface area contributed by atoms with Crippen molar-refractivity contribution in [3.63, 3.8) is 0 Å². The van der Waals surface area contributed by atoms with Crippen LogP contribution in [0.25, 0.3) is 0 Å². The van der Waals surface area contributed by atoms with Gasteiger partial charge < -0.3 is 54.9 Å². The van der Waals surface area contributed by atoms with Crippen LogP contribution in [0.3, 0.4) is 0 Å². The second kappa shape index (κ2) is 50.7. The fraction of sp³-hybridized carbons (Fsp3) is 0.500. The van der Waals surface area contributed by atoms with Crippen LogP contribution in [0.15, 0.2) is 0 Å². The van der Waals surface area contributed by atoms with Gasteiger partial charge in [-0.1, -0.05) is 0 Å². The van der Waals surface area contributed by atoms with Gasteiger partial charge in [-0.05, 0) is 27.7 Å². The molecule has 0 heterocycles. The van der Waals surface area contributed by atoms with E-state index < -0.39 is 41.8 Å². The molecule has 0 aromatic rings. The number of carboxylic acid groups (broad SMARTS) is 7. The molecule has 0 rings (SSSR count). The van der Waals surface area contributed by atoms with Crippen LogP contribution in [0.4, 0.5) is 0 Å². The fourth-order valence-corrected chi connectivity index (χ4v) is 0. The van der Waals surface area contributed by atoms with Crippen LogP contribution in [0.1, 0.15) is 48.5 Å². The van der Waals surface area contributed by atoms with Crippen LogP contribution in [-0.2, 0) is 33.6 Å². The monoisotopic (exact) mass is 677 g/mol. The van der Waals surface area contributed by atoms with E-state index in [2.05, 4.69) is 0 Å². The van der Waals surface area contributed by atoms with Gasteiger partial charge in [-0.25, -0.2) is 0 Å². The van der Waals surface area contributed by atoms with E-state index in [1.807, 2.05) is 0 Å². The first kappa shape index (κ1) is 56.6. The molecular formula is C14H24NaO14U. The molecule has 0 aromatic carbocycles. The predicted octanol–water partition coefficient (Wildman–Crippen LogP) is -7.70. The average molecular weight is 677 g/mol. The fourth-order valence-electron chi connectivity index (χ4n) is 0. The largest absolute Gasteiger partial charge is 3.00 e. The van der Waals surface area contributed by atoms with Gasteiger partial charge >= 0.3 is 60.7 Å². The number of carboxylic acids is 7. The molecule has 0 aromatic heterocycles. The summed E-state index contributed by atoms with van der Waals surface area (Å²) in [5.41, 5.74) is 0. The second-order valence-corrected chi connectivity index (χ2v) is 3.52. The van der Waals surface area contributed by atoms with Crippen molar-refractivity contribution in [1.29, 1.82) is 0 Å². The van der Waals surface area contributed by atoms with Crippen molar-refractivity contribution in [2.24, 2.45) is 0 Å². The Balaban J connectivity index is -0.0000000242. The van der Waals surface area contributed by atoms with Crippen molar-refractivity contribution >= 4 is 41.8 Å². The third kappa shape index (κ3) is 6150. The summed E-state index contributed by atoms with van der Waals surface area (Å²) in [5.74, 6) is -6.83. The third-order valence-corrected chi connectivity index (χ3v) is 0. The Morgan fingerprint density at radius 1 is 0.433 bits per heavy atom. The van der Waals surface area contributed by atoms with E-state index in [-0.39, 0.29) is 60.7 Å². The van der Waals surface area contributed by atoms with Gasteiger partial charge in [0.05, 0.1) is 0 Å². The molecule has 30 heavy (non-hydrogen) atoms. The van der Waals surface area contributed by atoms with Crippen molar-refractivity contribution in [3.05, 3.63) is 0 Å². The Morgan fingerprint density at radius 3 is 0.433 bits per heavy atom. The van der Waals surface area contributed by atoms with Gasteiger partial charge in [0.1, 0.15) is 0 Å². The molecule has 0 aliphatic carbocycles. The summed E-state index contributed by atoms with van der Waals surface area (Å²) in [6.07, 6.45) is 0. The Morgan fingerprint density at radius 2 is 0.433 bits per heavy atom. The molecule has 0 fully saturated rings. The first-order chi connectivity index (χ1) is 12.1. The van der Waals surface area contributed by atoms with Gasteiger partial charge in [0.25, 0.3) is 17.9 Å². The van der Waals surface area contributed by atoms with E-state index >= 15 is 0 Å². The minimum absolute atomic E-state index is 0. The summed E-state index contributed by atoms with van der Waals surface area (Å²) in [4.78, 5) is 62.6. The summed E-state index contributed by atoms with van der Waals surface area (Å²) >= 11 is 0. The summed E-state index contributed by atoms with van der Waals surface area (Å²) < 4.78 is 0. The summed E-state index contributed by atoms with van der Waals surface area (Å²) in [5, 5.41) is 57.8. The topological polar surface area (TPSA) is 272 Å². The number of hydrogen-bond donors (Lipinski definition) is 3. The number of aliphatic carboxylic acids is 7. The van der Waals surface area contributed by atoms with Crippen LogP contribution < -0.4 is 50.0 Å². The second-order valence-electron chi connectivity index (χ2n) is 3.52. The smallest absolute Gasteiger partial charge is 0.550 e. The molecule has 0 saturated carbocycles. The maximum Gasteiger partial charge on any atom is 3.00 e. The Bertz CT molecular complexity index is 320.